The molecule has 0 saturated carbocycles. The van der Waals surface area contributed by atoms with E-state index in [0.29, 0.717) is 24.9 Å². The second kappa shape index (κ2) is 7.40. The van der Waals surface area contributed by atoms with Crippen LogP contribution in [0.1, 0.15) is 51.3 Å². The van der Waals surface area contributed by atoms with Gasteiger partial charge in [0.2, 0.25) is 11.8 Å². The summed E-state index contributed by atoms with van der Waals surface area (Å²) in [5, 5.41) is 17.0. The molecule has 0 aromatic carbocycles. The van der Waals surface area contributed by atoms with Gasteiger partial charge < -0.3 is 9.52 Å². The van der Waals surface area contributed by atoms with Gasteiger partial charge in [0, 0.05) is 12.5 Å². The Hall–Kier alpha value is -0.940. The molecule has 0 radical (unpaired) electrons. The predicted octanol–water partition coefficient (Wildman–Crippen LogP) is 1.79. The largest absolute Gasteiger partial charge is 0.424 e. The minimum atomic E-state index is 0.162. The van der Waals surface area contributed by atoms with Crippen LogP contribution in [0.25, 0.3) is 0 Å². The van der Waals surface area contributed by atoms with Crippen LogP contribution in [0.2, 0.25) is 0 Å². The second-order valence-corrected chi connectivity index (χ2v) is 4.54. The third-order valence-electron chi connectivity index (χ3n) is 2.58. The number of aliphatic hydroxyl groups is 1. The molecule has 1 N–H and O–H groups in total. The van der Waals surface area contributed by atoms with Crippen molar-refractivity contribution in [2.24, 2.45) is 0 Å². The van der Waals surface area contributed by atoms with Gasteiger partial charge in [0.25, 0.3) is 0 Å². The Kier molecular flexibility index (Phi) is 6.15. The first-order valence-electron chi connectivity index (χ1n) is 6.32. The summed E-state index contributed by atoms with van der Waals surface area (Å²) >= 11 is 0. The van der Waals surface area contributed by atoms with Crippen molar-refractivity contribution in [1.82, 2.24) is 15.1 Å². The molecule has 0 amide bonds. The molecule has 0 saturated heterocycles. The van der Waals surface area contributed by atoms with E-state index in [-0.39, 0.29) is 12.5 Å². The molecule has 0 unspecified atom stereocenters. The standard InChI is InChI=1S/C12H23N3O2/c1-4-5-6-15(7-8-16)9-11-13-14-12(17-11)10(2)3/h10,16H,4-9H2,1-3H3. The Morgan fingerprint density at radius 2 is 2.06 bits per heavy atom. The van der Waals surface area contributed by atoms with Gasteiger partial charge in [-0.05, 0) is 13.0 Å². The molecule has 0 aliphatic heterocycles. The van der Waals surface area contributed by atoms with Crippen LogP contribution in [0, 0.1) is 0 Å². The fourth-order valence-electron chi connectivity index (χ4n) is 1.55. The zero-order chi connectivity index (χ0) is 12.7. The summed E-state index contributed by atoms with van der Waals surface area (Å²) in [7, 11) is 0. The molecule has 0 fully saturated rings. The number of nitrogens with zero attached hydrogens (tertiary/aromatic N) is 3. The lowest BCUT2D eigenvalue weighted by molar-refractivity contribution is 0.175. The molecule has 17 heavy (non-hydrogen) atoms. The molecule has 98 valence electrons. The van der Waals surface area contributed by atoms with E-state index in [1.54, 1.807) is 0 Å². The summed E-state index contributed by atoms with van der Waals surface area (Å²) in [4.78, 5) is 2.14. The fraction of sp³-hybridized carbons (Fsp3) is 0.833. The average molecular weight is 241 g/mol. The van der Waals surface area contributed by atoms with Crippen molar-refractivity contribution in [3.05, 3.63) is 11.8 Å². The highest BCUT2D eigenvalue weighted by atomic mass is 16.4. The molecule has 0 aliphatic carbocycles. The predicted molar refractivity (Wildman–Crippen MR) is 65.7 cm³/mol. The summed E-state index contributed by atoms with van der Waals surface area (Å²) in [5.41, 5.74) is 0. The zero-order valence-electron chi connectivity index (χ0n) is 11.0. The van der Waals surface area contributed by atoms with Gasteiger partial charge in [-0.1, -0.05) is 27.2 Å². The van der Waals surface area contributed by atoms with Crippen molar-refractivity contribution >= 4 is 0 Å². The molecule has 5 nitrogen and oxygen atoms in total. The first-order chi connectivity index (χ1) is 8.17. The molecule has 1 aromatic rings. The topological polar surface area (TPSA) is 62.4 Å². The number of hydrogen-bond donors (Lipinski definition) is 1. The summed E-state index contributed by atoms with van der Waals surface area (Å²) < 4.78 is 5.56. The van der Waals surface area contributed by atoms with Crippen molar-refractivity contribution in [2.75, 3.05) is 19.7 Å². The van der Waals surface area contributed by atoms with Gasteiger partial charge >= 0.3 is 0 Å². The summed E-state index contributed by atoms with van der Waals surface area (Å²) in [5.74, 6) is 1.58. The number of aliphatic hydroxyl groups excluding tert-OH is 1. The van der Waals surface area contributed by atoms with Gasteiger partial charge in [-0.2, -0.15) is 0 Å². The van der Waals surface area contributed by atoms with Crippen LogP contribution < -0.4 is 0 Å². The second-order valence-electron chi connectivity index (χ2n) is 4.54. The highest BCUT2D eigenvalue weighted by molar-refractivity contribution is 4.87. The summed E-state index contributed by atoms with van der Waals surface area (Å²) in [6, 6.07) is 0. The Balaban J connectivity index is 2.52. The van der Waals surface area contributed by atoms with Gasteiger partial charge in [0.1, 0.15) is 0 Å². The number of unbranched alkanes of at least 4 members (excludes halogenated alkanes) is 1. The maximum absolute atomic E-state index is 9.00. The van der Waals surface area contributed by atoms with Crippen molar-refractivity contribution < 1.29 is 9.52 Å². The number of aromatic nitrogens is 2. The van der Waals surface area contributed by atoms with Crippen molar-refractivity contribution in [3.63, 3.8) is 0 Å². The van der Waals surface area contributed by atoms with E-state index in [9.17, 15) is 0 Å². The minimum Gasteiger partial charge on any atom is -0.424 e. The van der Waals surface area contributed by atoms with E-state index in [0.717, 1.165) is 19.4 Å². The Bertz CT molecular complexity index is 312. The van der Waals surface area contributed by atoms with E-state index in [1.807, 2.05) is 13.8 Å². The quantitative estimate of drug-likeness (QED) is 0.751. The monoisotopic (exact) mass is 241 g/mol. The Labute approximate surface area is 103 Å². The summed E-state index contributed by atoms with van der Waals surface area (Å²) in [6.07, 6.45) is 2.26. The lowest BCUT2D eigenvalue weighted by Crippen LogP contribution is -2.27. The van der Waals surface area contributed by atoms with Crippen LogP contribution in [0.15, 0.2) is 4.42 Å². The molecule has 1 heterocycles. The lowest BCUT2D eigenvalue weighted by atomic mass is 10.2. The van der Waals surface area contributed by atoms with E-state index < -0.39 is 0 Å². The smallest absolute Gasteiger partial charge is 0.230 e. The molecule has 0 atom stereocenters. The van der Waals surface area contributed by atoms with Crippen LogP contribution in [0.4, 0.5) is 0 Å². The van der Waals surface area contributed by atoms with Crippen molar-refractivity contribution in [1.29, 1.82) is 0 Å². The SMILES string of the molecule is CCCCN(CCO)Cc1nnc(C(C)C)o1. The van der Waals surface area contributed by atoms with Crippen LogP contribution in [-0.4, -0.2) is 39.9 Å². The third kappa shape index (κ3) is 4.83. The highest BCUT2D eigenvalue weighted by Gasteiger charge is 2.12. The highest BCUT2D eigenvalue weighted by Crippen LogP contribution is 2.13. The Morgan fingerprint density at radius 1 is 1.29 bits per heavy atom. The summed E-state index contributed by atoms with van der Waals surface area (Å²) in [6.45, 7) is 8.60. The van der Waals surface area contributed by atoms with E-state index in [1.165, 1.54) is 0 Å². The van der Waals surface area contributed by atoms with Crippen LogP contribution >= 0.6 is 0 Å². The molecular formula is C12H23N3O2. The molecule has 1 aromatic heterocycles. The fourth-order valence-corrected chi connectivity index (χ4v) is 1.55. The molecule has 1 rings (SSSR count). The number of hydrogen-bond acceptors (Lipinski definition) is 5. The molecular weight excluding hydrogens is 218 g/mol. The third-order valence-corrected chi connectivity index (χ3v) is 2.58. The van der Waals surface area contributed by atoms with Gasteiger partial charge in [-0.3, -0.25) is 4.90 Å². The van der Waals surface area contributed by atoms with E-state index in [4.69, 9.17) is 9.52 Å². The Morgan fingerprint density at radius 3 is 2.59 bits per heavy atom. The molecule has 5 heteroatoms. The average Bonchev–Trinajstić information content (AvgIpc) is 2.75. The van der Waals surface area contributed by atoms with E-state index >= 15 is 0 Å². The lowest BCUT2D eigenvalue weighted by Gasteiger charge is -2.18. The van der Waals surface area contributed by atoms with Crippen molar-refractivity contribution in [3.8, 4) is 0 Å². The minimum absolute atomic E-state index is 0.162. The normalized spacial score (nSPS) is 11.6. The number of rotatable bonds is 8. The van der Waals surface area contributed by atoms with Crippen molar-refractivity contribution in [2.45, 2.75) is 46.1 Å². The first-order valence-corrected chi connectivity index (χ1v) is 6.32. The van der Waals surface area contributed by atoms with Crippen LogP contribution in [0.5, 0.6) is 0 Å². The molecule has 0 bridgehead atoms. The van der Waals surface area contributed by atoms with Gasteiger partial charge in [-0.15, -0.1) is 10.2 Å². The maximum Gasteiger partial charge on any atom is 0.230 e. The molecule has 0 aliphatic rings. The van der Waals surface area contributed by atoms with Crippen LogP contribution in [-0.2, 0) is 6.54 Å². The van der Waals surface area contributed by atoms with E-state index in [2.05, 4.69) is 22.0 Å². The molecule has 0 spiro atoms. The maximum atomic E-state index is 9.00. The van der Waals surface area contributed by atoms with Gasteiger partial charge in [0.05, 0.1) is 13.2 Å². The van der Waals surface area contributed by atoms with Gasteiger partial charge in [-0.25, -0.2) is 0 Å². The zero-order valence-corrected chi connectivity index (χ0v) is 11.0. The first kappa shape index (κ1) is 14.1. The van der Waals surface area contributed by atoms with Crippen LogP contribution in [0.3, 0.4) is 0 Å². The van der Waals surface area contributed by atoms with Gasteiger partial charge in [0.15, 0.2) is 0 Å².